The number of nitrogens with zero attached hydrogens (tertiary/aromatic N) is 1. The molecule has 0 N–H and O–H groups in total. The molecule has 0 bridgehead atoms. The second kappa shape index (κ2) is 14.7. The van der Waals surface area contributed by atoms with Gasteiger partial charge in [0.15, 0.2) is 34.5 Å². The van der Waals surface area contributed by atoms with E-state index in [1.54, 1.807) is 39.5 Å². The van der Waals surface area contributed by atoms with Crippen LogP contribution in [0.4, 0.5) is 5.69 Å². The quantitative estimate of drug-likeness (QED) is 0.108. The van der Waals surface area contributed by atoms with Crippen LogP contribution in [0.5, 0.6) is 40.2 Å². The van der Waals surface area contributed by atoms with Gasteiger partial charge < -0.3 is 33.2 Å². The number of halogens is 2. The Morgan fingerprint density at radius 1 is 0.707 bits per heavy atom. The number of ether oxygens (including phenoxy) is 7. The largest absolute Gasteiger partial charge is 0.493 e. The normalized spacial score (nSPS) is 11.0. The molecule has 218 valence electrons. The van der Waals surface area contributed by atoms with E-state index in [0.29, 0.717) is 61.0 Å². The van der Waals surface area contributed by atoms with Crippen molar-refractivity contribution >= 4 is 57.4 Å². The molecule has 41 heavy (non-hydrogen) atoms. The van der Waals surface area contributed by atoms with Crippen molar-refractivity contribution < 1.29 is 38.0 Å². The number of hydrogen-bond donors (Lipinski definition) is 0. The minimum atomic E-state index is -0.219. The Balaban J connectivity index is 1.90. The fourth-order valence-corrected chi connectivity index (χ4v) is 5.02. The van der Waals surface area contributed by atoms with Crippen molar-refractivity contribution in [1.29, 1.82) is 0 Å². The monoisotopic (exact) mass is 647 g/mol. The summed E-state index contributed by atoms with van der Waals surface area (Å²) in [4.78, 5) is 17.6. The first-order chi connectivity index (χ1) is 19.8. The molecule has 9 nitrogen and oxygen atoms in total. The van der Waals surface area contributed by atoms with E-state index < -0.39 is 0 Å². The van der Waals surface area contributed by atoms with Crippen LogP contribution in [0.25, 0.3) is 12.2 Å². The number of carbonyl (C=O) groups is 1. The number of methoxy groups -OCH3 is 7. The van der Waals surface area contributed by atoms with Crippen molar-refractivity contribution in [3.8, 4) is 40.2 Å². The third-order valence-electron chi connectivity index (χ3n) is 5.98. The van der Waals surface area contributed by atoms with Crippen LogP contribution < -0.4 is 33.2 Å². The van der Waals surface area contributed by atoms with Crippen LogP contribution in [0.1, 0.15) is 27.9 Å². The van der Waals surface area contributed by atoms with Gasteiger partial charge in [0.05, 0.1) is 59.3 Å². The van der Waals surface area contributed by atoms with E-state index in [2.05, 4.69) is 20.9 Å². The Hall–Kier alpha value is -3.89. The molecule has 0 radical (unpaired) electrons. The van der Waals surface area contributed by atoms with Gasteiger partial charge in [-0.3, -0.25) is 9.79 Å². The molecule has 3 rings (SSSR count). The Kier molecular flexibility index (Phi) is 11.3. The Morgan fingerprint density at radius 2 is 1.22 bits per heavy atom. The number of carbonyl (C=O) groups excluding carboxylic acids is 1. The molecule has 0 atom stereocenters. The highest BCUT2D eigenvalue weighted by atomic mass is 79.9. The number of ketones is 1. The summed E-state index contributed by atoms with van der Waals surface area (Å²) in [6.45, 7) is 0. The molecule has 0 unspecified atom stereocenters. The van der Waals surface area contributed by atoms with Gasteiger partial charge >= 0.3 is 0 Å². The maximum Gasteiger partial charge on any atom is 0.204 e. The van der Waals surface area contributed by atoms with E-state index in [1.165, 1.54) is 34.7 Å². The van der Waals surface area contributed by atoms with Crippen LogP contribution in [0.3, 0.4) is 0 Å². The molecule has 0 aliphatic heterocycles. The van der Waals surface area contributed by atoms with Gasteiger partial charge in [0.1, 0.15) is 5.69 Å². The van der Waals surface area contributed by atoms with Gasteiger partial charge in [-0.1, -0.05) is 23.8 Å². The van der Waals surface area contributed by atoms with Crippen LogP contribution in [0.2, 0.25) is 5.02 Å². The third kappa shape index (κ3) is 7.07. The van der Waals surface area contributed by atoms with Gasteiger partial charge in [-0.25, -0.2) is 0 Å². The van der Waals surface area contributed by atoms with Crippen LogP contribution >= 0.6 is 27.5 Å². The summed E-state index contributed by atoms with van der Waals surface area (Å²) in [5.74, 6) is 2.84. The molecule has 0 aliphatic carbocycles. The molecule has 0 saturated heterocycles. The molecule has 3 aromatic rings. The molecule has 0 fully saturated rings. The zero-order chi connectivity index (χ0) is 30.1. The predicted octanol–water partition coefficient (Wildman–Crippen LogP) is 7.31. The molecular formula is C30H31BrClNO8. The zero-order valence-corrected chi connectivity index (χ0v) is 26.1. The van der Waals surface area contributed by atoms with E-state index in [4.69, 9.17) is 44.8 Å². The van der Waals surface area contributed by atoms with Crippen LogP contribution in [0.15, 0.2) is 39.8 Å². The minimum absolute atomic E-state index is 0.0104. The molecule has 0 amide bonds. The summed E-state index contributed by atoms with van der Waals surface area (Å²) in [7, 11) is 10.6. The zero-order valence-electron chi connectivity index (χ0n) is 23.8. The van der Waals surface area contributed by atoms with Crippen LogP contribution in [0, 0.1) is 0 Å². The van der Waals surface area contributed by atoms with E-state index in [9.17, 15) is 4.79 Å². The molecule has 0 saturated carbocycles. The molecule has 0 spiro atoms. The fourth-order valence-electron chi connectivity index (χ4n) is 4.04. The Bertz CT molecular complexity index is 1450. The van der Waals surface area contributed by atoms with Gasteiger partial charge in [0.2, 0.25) is 11.5 Å². The molecule has 3 aromatic carbocycles. The maximum absolute atomic E-state index is 13.1. The lowest BCUT2D eigenvalue weighted by Crippen LogP contribution is -2.05. The Labute approximate surface area is 252 Å². The molecule has 0 aliphatic rings. The van der Waals surface area contributed by atoms with Gasteiger partial charge in [0, 0.05) is 18.2 Å². The highest BCUT2D eigenvalue weighted by Gasteiger charge is 2.22. The topological polar surface area (TPSA) is 94.0 Å². The standard InChI is InChI=1S/C30H31BrClNO8/c1-35-23-14-18(15-24(36-2)28(23)39-5)9-8-17-12-20(32)27(38-4)21(13-17)33-11-10-22(34)19-16-25(37-3)29(40-6)30(41-7)26(19)31/h8-9,11-16H,10H2,1-7H3/b9-8-,33-11?. The second-order valence-corrected chi connectivity index (χ2v) is 9.49. The number of hydrogen-bond acceptors (Lipinski definition) is 9. The molecular weight excluding hydrogens is 618 g/mol. The lowest BCUT2D eigenvalue weighted by molar-refractivity contribution is 0.1000. The summed E-state index contributed by atoms with van der Waals surface area (Å²) in [6, 6.07) is 8.80. The van der Waals surface area contributed by atoms with E-state index in [-0.39, 0.29) is 12.2 Å². The van der Waals surface area contributed by atoms with Crippen LogP contribution in [-0.4, -0.2) is 61.8 Å². The van der Waals surface area contributed by atoms with E-state index in [1.807, 2.05) is 24.3 Å². The van der Waals surface area contributed by atoms with E-state index >= 15 is 0 Å². The summed E-state index contributed by atoms with van der Waals surface area (Å²) < 4.78 is 38.4. The average molecular weight is 649 g/mol. The minimum Gasteiger partial charge on any atom is -0.493 e. The SMILES string of the molecule is COc1cc(/C=C\c2cc(Cl)c(OC)c(N=CCC(=O)c3cc(OC)c(OC)c(OC)c3Br)c2)cc(OC)c1OC. The van der Waals surface area contributed by atoms with Gasteiger partial charge in [-0.15, -0.1) is 0 Å². The van der Waals surface area contributed by atoms with Crippen molar-refractivity contribution in [2.45, 2.75) is 6.42 Å². The molecule has 11 heteroatoms. The highest BCUT2D eigenvalue weighted by molar-refractivity contribution is 9.10. The maximum atomic E-state index is 13.1. The molecule has 0 aromatic heterocycles. The van der Waals surface area contributed by atoms with Crippen molar-refractivity contribution in [3.05, 3.63) is 56.5 Å². The number of rotatable bonds is 13. The number of benzene rings is 3. The third-order valence-corrected chi connectivity index (χ3v) is 7.05. The Morgan fingerprint density at radius 3 is 1.73 bits per heavy atom. The van der Waals surface area contributed by atoms with Crippen molar-refractivity contribution in [3.63, 3.8) is 0 Å². The first-order valence-corrected chi connectivity index (χ1v) is 13.3. The van der Waals surface area contributed by atoms with E-state index in [0.717, 1.165) is 11.1 Å². The molecule has 0 heterocycles. The summed E-state index contributed by atoms with van der Waals surface area (Å²) in [5.41, 5.74) is 2.40. The van der Waals surface area contributed by atoms with Crippen molar-refractivity contribution in [2.24, 2.45) is 4.99 Å². The summed E-state index contributed by atoms with van der Waals surface area (Å²) >= 11 is 9.95. The van der Waals surface area contributed by atoms with Crippen molar-refractivity contribution in [2.75, 3.05) is 49.8 Å². The van der Waals surface area contributed by atoms with Gasteiger partial charge in [-0.05, 0) is 57.4 Å². The van der Waals surface area contributed by atoms with Crippen molar-refractivity contribution in [1.82, 2.24) is 0 Å². The lowest BCUT2D eigenvalue weighted by Gasteiger charge is -2.16. The second-order valence-electron chi connectivity index (χ2n) is 8.29. The average Bonchev–Trinajstić information content (AvgIpc) is 2.98. The number of aliphatic imine (C=N–C) groups is 1. The first-order valence-electron chi connectivity index (χ1n) is 12.2. The van der Waals surface area contributed by atoms with Gasteiger partial charge in [0.25, 0.3) is 0 Å². The van der Waals surface area contributed by atoms with Gasteiger partial charge in [-0.2, -0.15) is 0 Å². The predicted molar refractivity (Wildman–Crippen MR) is 164 cm³/mol. The summed E-state index contributed by atoms with van der Waals surface area (Å²) in [6.07, 6.45) is 5.23. The number of Topliss-reactive ketones (excluding diaryl/α,β-unsaturated/α-hetero) is 1. The highest BCUT2D eigenvalue weighted by Crippen LogP contribution is 2.45. The smallest absolute Gasteiger partial charge is 0.204 e. The first kappa shape index (κ1) is 31.6. The summed E-state index contributed by atoms with van der Waals surface area (Å²) in [5, 5.41) is 0.366. The lowest BCUT2D eigenvalue weighted by atomic mass is 10.1. The fraction of sp³-hybridized carbons (Fsp3) is 0.267. The van der Waals surface area contributed by atoms with Crippen LogP contribution in [-0.2, 0) is 0 Å².